The minimum absolute atomic E-state index is 0.0601. The first-order chi connectivity index (χ1) is 13.1. The molecule has 4 aromatic rings. The van der Waals surface area contributed by atoms with Crippen molar-refractivity contribution in [1.29, 1.82) is 0 Å². The van der Waals surface area contributed by atoms with Crippen LogP contribution in [0.5, 0.6) is 5.75 Å². The lowest BCUT2D eigenvalue weighted by Crippen LogP contribution is -2.21. The molecule has 2 aromatic heterocycles. The number of aromatic nitrogens is 2. The van der Waals surface area contributed by atoms with Gasteiger partial charge in [0, 0.05) is 23.2 Å². The Hall–Kier alpha value is -2.90. The molecule has 0 aliphatic carbocycles. The molecule has 0 saturated heterocycles. The largest absolute Gasteiger partial charge is 0.484 e. The van der Waals surface area contributed by atoms with Crippen molar-refractivity contribution >= 4 is 39.6 Å². The molecule has 1 N–H and O–H groups in total. The van der Waals surface area contributed by atoms with Crippen LogP contribution in [0.25, 0.3) is 16.2 Å². The number of ether oxygens (including phenoxy) is 1. The van der Waals surface area contributed by atoms with Crippen LogP contribution in [0.1, 0.15) is 0 Å². The fraction of sp³-hybridized carbons (Fsp3) is 0.0526. The van der Waals surface area contributed by atoms with Crippen LogP contribution < -0.4 is 10.1 Å². The van der Waals surface area contributed by atoms with Gasteiger partial charge in [0.25, 0.3) is 5.91 Å². The number of fused-ring (bicyclic) bond motifs is 1. The number of rotatable bonds is 5. The van der Waals surface area contributed by atoms with E-state index in [2.05, 4.69) is 10.3 Å². The lowest BCUT2D eigenvalue weighted by molar-refractivity contribution is -0.118. The molecular formula is C19H13ClFN3O2S. The summed E-state index contributed by atoms with van der Waals surface area (Å²) < 4.78 is 20.4. The van der Waals surface area contributed by atoms with Crippen molar-refractivity contribution in [2.24, 2.45) is 0 Å². The molecule has 8 heteroatoms. The third-order valence-electron chi connectivity index (χ3n) is 3.83. The van der Waals surface area contributed by atoms with E-state index in [1.165, 1.54) is 29.5 Å². The first-order valence-corrected chi connectivity index (χ1v) is 9.26. The number of halogens is 2. The highest BCUT2D eigenvalue weighted by atomic mass is 35.5. The molecule has 1 amide bonds. The van der Waals surface area contributed by atoms with Crippen LogP contribution in [-0.2, 0) is 4.79 Å². The smallest absolute Gasteiger partial charge is 0.263 e. The van der Waals surface area contributed by atoms with Gasteiger partial charge >= 0.3 is 0 Å². The predicted octanol–water partition coefficient (Wildman–Crippen LogP) is 4.87. The summed E-state index contributed by atoms with van der Waals surface area (Å²) in [7, 11) is 0. The Kier molecular flexibility index (Phi) is 4.79. The van der Waals surface area contributed by atoms with Crippen LogP contribution >= 0.6 is 22.9 Å². The number of benzene rings is 2. The standard InChI is InChI=1S/C19H13ClFN3O2S/c20-14-10-13(6-7-15(14)21)26-11-16(25)22-18-17(12-4-2-1-3-5-12)23-19-24(18)8-9-27-19/h1-10H,11H2,(H,22,25). The monoisotopic (exact) mass is 401 g/mol. The lowest BCUT2D eigenvalue weighted by atomic mass is 10.1. The molecule has 0 radical (unpaired) electrons. The fourth-order valence-electron chi connectivity index (χ4n) is 2.59. The highest BCUT2D eigenvalue weighted by Crippen LogP contribution is 2.30. The molecule has 136 valence electrons. The van der Waals surface area contributed by atoms with E-state index < -0.39 is 5.82 Å². The third-order valence-corrected chi connectivity index (χ3v) is 4.87. The van der Waals surface area contributed by atoms with E-state index in [0.29, 0.717) is 17.3 Å². The van der Waals surface area contributed by atoms with E-state index in [1.807, 2.05) is 46.3 Å². The Balaban J connectivity index is 1.54. The number of nitrogens with zero attached hydrogens (tertiary/aromatic N) is 2. The number of carbonyl (C=O) groups is 1. The Bertz CT molecular complexity index is 1110. The maximum Gasteiger partial charge on any atom is 0.263 e. The first-order valence-electron chi connectivity index (χ1n) is 8.00. The number of anilines is 1. The van der Waals surface area contributed by atoms with E-state index in [4.69, 9.17) is 16.3 Å². The summed E-state index contributed by atoms with van der Waals surface area (Å²) in [6.45, 7) is -0.242. The molecule has 0 aliphatic heterocycles. The van der Waals surface area contributed by atoms with Gasteiger partial charge in [-0.2, -0.15) is 0 Å². The number of hydrogen-bond acceptors (Lipinski definition) is 4. The number of imidazole rings is 1. The van der Waals surface area contributed by atoms with Gasteiger partial charge < -0.3 is 10.1 Å². The van der Waals surface area contributed by atoms with Crippen LogP contribution in [0.15, 0.2) is 60.1 Å². The molecule has 0 bridgehead atoms. The number of carbonyl (C=O) groups excluding carboxylic acids is 1. The van der Waals surface area contributed by atoms with Gasteiger partial charge in [0.05, 0.1) is 5.02 Å². The van der Waals surface area contributed by atoms with Gasteiger partial charge in [-0.3, -0.25) is 9.20 Å². The van der Waals surface area contributed by atoms with Crippen molar-refractivity contribution in [3.8, 4) is 17.0 Å². The van der Waals surface area contributed by atoms with Crippen molar-refractivity contribution < 1.29 is 13.9 Å². The molecule has 27 heavy (non-hydrogen) atoms. The molecular weight excluding hydrogens is 389 g/mol. The number of thiazole rings is 1. The van der Waals surface area contributed by atoms with Crippen molar-refractivity contribution in [1.82, 2.24) is 9.38 Å². The van der Waals surface area contributed by atoms with Crippen LogP contribution in [0, 0.1) is 5.82 Å². The maximum atomic E-state index is 13.2. The average molecular weight is 402 g/mol. The van der Waals surface area contributed by atoms with Gasteiger partial charge in [0.15, 0.2) is 11.6 Å². The van der Waals surface area contributed by atoms with E-state index >= 15 is 0 Å². The fourth-order valence-corrected chi connectivity index (χ4v) is 3.47. The van der Waals surface area contributed by atoms with Gasteiger partial charge in [-0.25, -0.2) is 9.37 Å². The summed E-state index contributed by atoms with van der Waals surface area (Å²) in [4.78, 5) is 17.8. The van der Waals surface area contributed by atoms with Crippen LogP contribution in [0.2, 0.25) is 5.02 Å². The second kappa shape index (κ2) is 7.38. The topological polar surface area (TPSA) is 55.6 Å². The van der Waals surface area contributed by atoms with E-state index in [-0.39, 0.29) is 17.5 Å². The number of hydrogen-bond donors (Lipinski definition) is 1. The molecule has 5 nitrogen and oxygen atoms in total. The van der Waals surface area contributed by atoms with Crippen LogP contribution in [0.4, 0.5) is 10.2 Å². The van der Waals surface area contributed by atoms with Gasteiger partial charge in [-0.1, -0.05) is 41.9 Å². The Labute approximate surface area is 163 Å². The quantitative estimate of drug-likeness (QED) is 0.519. The highest BCUT2D eigenvalue weighted by molar-refractivity contribution is 7.15. The van der Waals surface area contributed by atoms with Crippen molar-refractivity contribution in [2.75, 3.05) is 11.9 Å². The average Bonchev–Trinajstić information content (AvgIpc) is 3.26. The molecule has 0 aliphatic rings. The van der Waals surface area contributed by atoms with Gasteiger partial charge in [0.2, 0.25) is 0 Å². The molecule has 0 saturated carbocycles. The predicted molar refractivity (Wildman–Crippen MR) is 104 cm³/mol. The SMILES string of the molecule is O=C(COc1ccc(F)c(Cl)c1)Nc1c(-c2ccccc2)nc2sccn12. The number of amides is 1. The second-order valence-corrected chi connectivity index (χ2v) is 6.92. The summed E-state index contributed by atoms with van der Waals surface area (Å²) >= 11 is 7.20. The summed E-state index contributed by atoms with van der Waals surface area (Å²) in [5.74, 6) is -0.0160. The molecule has 2 heterocycles. The number of nitrogens with one attached hydrogen (secondary N) is 1. The Morgan fingerprint density at radius 2 is 2.07 bits per heavy atom. The molecule has 2 aromatic carbocycles. The third kappa shape index (κ3) is 3.65. The zero-order valence-electron chi connectivity index (χ0n) is 13.9. The highest BCUT2D eigenvalue weighted by Gasteiger charge is 2.17. The Morgan fingerprint density at radius 3 is 2.85 bits per heavy atom. The molecule has 0 atom stereocenters. The second-order valence-electron chi connectivity index (χ2n) is 5.64. The molecule has 0 unspecified atom stereocenters. The summed E-state index contributed by atoms with van der Waals surface area (Å²) in [6, 6.07) is 13.5. The van der Waals surface area contributed by atoms with E-state index in [0.717, 1.165) is 10.5 Å². The van der Waals surface area contributed by atoms with Crippen LogP contribution in [0.3, 0.4) is 0 Å². The normalized spacial score (nSPS) is 10.9. The van der Waals surface area contributed by atoms with E-state index in [1.54, 1.807) is 0 Å². The minimum Gasteiger partial charge on any atom is -0.484 e. The molecule has 0 fully saturated rings. The zero-order chi connectivity index (χ0) is 18.8. The van der Waals surface area contributed by atoms with E-state index in [9.17, 15) is 9.18 Å². The Morgan fingerprint density at radius 1 is 1.26 bits per heavy atom. The van der Waals surface area contributed by atoms with Gasteiger partial charge in [0.1, 0.15) is 23.1 Å². The first kappa shape index (κ1) is 17.5. The summed E-state index contributed by atoms with van der Waals surface area (Å²) in [6.07, 6.45) is 1.84. The van der Waals surface area contributed by atoms with Crippen molar-refractivity contribution in [3.05, 3.63) is 70.9 Å². The van der Waals surface area contributed by atoms with Crippen molar-refractivity contribution in [3.63, 3.8) is 0 Å². The van der Waals surface area contributed by atoms with Crippen molar-refractivity contribution in [2.45, 2.75) is 0 Å². The molecule has 4 rings (SSSR count). The van der Waals surface area contributed by atoms with Gasteiger partial charge in [-0.15, -0.1) is 11.3 Å². The molecule has 0 spiro atoms. The summed E-state index contributed by atoms with van der Waals surface area (Å²) in [5.41, 5.74) is 1.58. The maximum absolute atomic E-state index is 13.2. The van der Waals surface area contributed by atoms with Gasteiger partial charge in [-0.05, 0) is 12.1 Å². The minimum atomic E-state index is -0.542. The van der Waals surface area contributed by atoms with Crippen LogP contribution in [-0.4, -0.2) is 21.9 Å². The lowest BCUT2D eigenvalue weighted by Gasteiger charge is -2.09. The zero-order valence-corrected chi connectivity index (χ0v) is 15.4. The summed E-state index contributed by atoms with van der Waals surface area (Å²) in [5, 5.41) is 4.68.